The Hall–Kier alpha value is -3.29. The van der Waals surface area contributed by atoms with Crippen LogP contribution in [0.25, 0.3) is 11.3 Å². The van der Waals surface area contributed by atoms with Crippen molar-refractivity contribution in [2.75, 3.05) is 7.11 Å². The van der Waals surface area contributed by atoms with E-state index in [1.807, 2.05) is 0 Å². The van der Waals surface area contributed by atoms with Crippen molar-refractivity contribution < 1.29 is 32.0 Å². The molecule has 0 spiro atoms. The molecule has 2 aromatic carbocycles. The van der Waals surface area contributed by atoms with Crippen molar-refractivity contribution in [1.29, 1.82) is 0 Å². The molecule has 27 heavy (non-hydrogen) atoms. The molecule has 8 heteroatoms. The molecule has 0 bridgehead atoms. The molecule has 0 N–H and O–H groups in total. The van der Waals surface area contributed by atoms with Gasteiger partial charge in [0.1, 0.15) is 18.1 Å². The first-order chi connectivity index (χ1) is 12.9. The normalized spacial score (nSPS) is 11.3. The van der Waals surface area contributed by atoms with Crippen LogP contribution in [0.15, 0.2) is 59.1 Å². The molecule has 1 aromatic heterocycles. The van der Waals surface area contributed by atoms with E-state index < -0.39 is 23.3 Å². The summed E-state index contributed by atoms with van der Waals surface area (Å²) in [5.41, 5.74) is -0.597. The number of ether oxygens (including phenoxy) is 2. The van der Waals surface area contributed by atoms with Crippen LogP contribution in [0, 0.1) is 0 Å². The third-order valence-electron chi connectivity index (χ3n) is 3.74. The Labute approximate surface area is 152 Å². The van der Waals surface area contributed by atoms with E-state index >= 15 is 0 Å². The van der Waals surface area contributed by atoms with Gasteiger partial charge in [-0.05, 0) is 36.4 Å². The average Bonchev–Trinajstić information content (AvgIpc) is 3.14. The Morgan fingerprint density at radius 3 is 2.48 bits per heavy atom. The van der Waals surface area contributed by atoms with Gasteiger partial charge < -0.3 is 14.0 Å². The molecule has 5 nitrogen and oxygen atoms in total. The van der Waals surface area contributed by atoms with Crippen molar-refractivity contribution in [3.8, 4) is 17.1 Å². The largest absolute Gasteiger partial charge is 0.497 e. The van der Waals surface area contributed by atoms with Gasteiger partial charge in [-0.15, -0.1) is 0 Å². The lowest BCUT2D eigenvalue weighted by atomic mass is 10.1. The van der Waals surface area contributed by atoms with Gasteiger partial charge in [-0.2, -0.15) is 13.2 Å². The molecule has 0 aliphatic rings. The molecular formula is C19H14F3NO4. The summed E-state index contributed by atoms with van der Waals surface area (Å²) in [6, 6.07) is 13.0. The van der Waals surface area contributed by atoms with Crippen LogP contribution in [-0.4, -0.2) is 18.2 Å². The van der Waals surface area contributed by atoms with E-state index in [9.17, 15) is 18.0 Å². The van der Waals surface area contributed by atoms with E-state index in [1.54, 1.807) is 37.4 Å². The number of nitrogens with zero attached hydrogens (tertiary/aromatic N) is 1. The Morgan fingerprint density at radius 2 is 1.81 bits per heavy atom. The Kier molecular flexibility index (Phi) is 5.16. The van der Waals surface area contributed by atoms with Gasteiger partial charge in [-0.3, -0.25) is 0 Å². The minimum absolute atomic E-state index is 0.277. The van der Waals surface area contributed by atoms with Crippen LogP contribution in [0.3, 0.4) is 0 Å². The number of rotatable bonds is 5. The maximum Gasteiger partial charge on any atom is 0.417 e. The number of carbonyl (C=O) groups excluding carboxylic acids is 1. The summed E-state index contributed by atoms with van der Waals surface area (Å²) in [5, 5.41) is 3.77. The minimum atomic E-state index is -4.65. The van der Waals surface area contributed by atoms with Gasteiger partial charge in [0.2, 0.25) is 0 Å². The molecule has 3 rings (SSSR count). The quantitative estimate of drug-likeness (QED) is 0.602. The molecule has 140 valence electrons. The summed E-state index contributed by atoms with van der Waals surface area (Å²) < 4.78 is 54.1. The number of hydrogen-bond donors (Lipinski definition) is 0. The number of benzene rings is 2. The first-order valence-electron chi connectivity index (χ1n) is 7.82. The second-order valence-corrected chi connectivity index (χ2v) is 5.53. The molecule has 0 saturated heterocycles. The second-order valence-electron chi connectivity index (χ2n) is 5.53. The van der Waals surface area contributed by atoms with Crippen molar-refractivity contribution in [1.82, 2.24) is 5.16 Å². The molecular weight excluding hydrogens is 363 g/mol. The molecule has 0 aliphatic heterocycles. The van der Waals surface area contributed by atoms with Crippen LogP contribution in [0.1, 0.15) is 21.6 Å². The summed E-state index contributed by atoms with van der Waals surface area (Å²) >= 11 is 0. The van der Waals surface area contributed by atoms with E-state index in [-0.39, 0.29) is 12.3 Å². The van der Waals surface area contributed by atoms with Crippen LogP contribution in [0.5, 0.6) is 5.75 Å². The predicted octanol–water partition coefficient (Wildman–Crippen LogP) is 4.73. The van der Waals surface area contributed by atoms with Crippen LogP contribution < -0.4 is 4.74 Å². The molecule has 0 unspecified atom stereocenters. The van der Waals surface area contributed by atoms with Crippen LogP contribution in [0.2, 0.25) is 0 Å². The molecule has 0 aliphatic carbocycles. The smallest absolute Gasteiger partial charge is 0.417 e. The third kappa shape index (κ3) is 4.28. The Morgan fingerprint density at radius 1 is 1.11 bits per heavy atom. The number of methoxy groups -OCH3 is 1. The lowest BCUT2D eigenvalue weighted by Crippen LogP contribution is -2.15. The highest BCUT2D eigenvalue weighted by molar-refractivity contribution is 5.91. The Bertz CT molecular complexity index is 933. The zero-order chi connectivity index (χ0) is 19.4. The lowest BCUT2D eigenvalue weighted by Gasteiger charge is -2.11. The summed E-state index contributed by atoms with van der Waals surface area (Å²) in [4.78, 5) is 12.0. The van der Waals surface area contributed by atoms with Gasteiger partial charge in [-0.1, -0.05) is 17.3 Å². The van der Waals surface area contributed by atoms with E-state index in [1.165, 1.54) is 12.1 Å². The van der Waals surface area contributed by atoms with E-state index in [2.05, 4.69) is 5.16 Å². The highest BCUT2D eigenvalue weighted by Crippen LogP contribution is 2.32. The fourth-order valence-corrected chi connectivity index (χ4v) is 2.40. The van der Waals surface area contributed by atoms with Gasteiger partial charge >= 0.3 is 12.1 Å². The summed E-state index contributed by atoms with van der Waals surface area (Å²) in [5.74, 6) is 0.0204. The van der Waals surface area contributed by atoms with Gasteiger partial charge in [0, 0.05) is 11.6 Å². The highest BCUT2D eigenvalue weighted by atomic mass is 19.4. The van der Waals surface area contributed by atoms with E-state index in [0.29, 0.717) is 11.5 Å². The molecule has 0 atom stereocenters. The molecule has 3 aromatic rings. The van der Waals surface area contributed by atoms with Crippen molar-refractivity contribution >= 4 is 5.97 Å². The molecule has 1 heterocycles. The number of esters is 1. The van der Waals surface area contributed by atoms with Crippen molar-refractivity contribution in [2.24, 2.45) is 0 Å². The van der Waals surface area contributed by atoms with E-state index in [4.69, 9.17) is 14.0 Å². The first kappa shape index (κ1) is 18.5. The first-order valence-corrected chi connectivity index (χ1v) is 7.82. The molecule has 0 amide bonds. The fourth-order valence-electron chi connectivity index (χ4n) is 2.40. The number of halogens is 3. The molecule has 0 radical (unpaired) electrons. The zero-order valence-electron chi connectivity index (χ0n) is 14.1. The summed E-state index contributed by atoms with van der Waals surface area (Å²) in [6.45, 7) is -0.315. The van der Waals surface area contributed by atoms with Gasteiger partial charge in [0.25, 0.3) is 0 Å². The highest BCUT2D eigenvalue weighted by Gasteiger charge is 2.35. The SMILES string of the molecule is COc1ccc(-c2cc(COC(=O)c3ccccc3C(F)(F)F)no2)cc1. The molecule has 0 fully saturated rings. The standard InChI is InChI=1S/C19H14F3NO4/c1-25-14-8-6-12(7-9-14)17-10-13(23-27-17)11-26-18(24)15-4-2-3-5-16(15)19(20,21)22/h2-10H,11H2,1H3. The van der Waals surface area contributed by atoms with Crippen molar-refractivity contribution in [3.63, 3.8) is 0 Å². The fraction of sp³-hybridized carbons (Fsp3) is 0.158. The van der Waals surface area contributed by atoms with E-state index in [0.717, 1.165) is 17.7 Å². The van der Waals surface area contributed by atoms with Crippen molar-refractivity contribution in [2.45, 2.75) is 12.8 Å². The number of carbonyl (C=O) groups is 1. The summed E-state index contributed by atoms with van der Waals surface area (Å²) in [7, 11) is 1.55. The minimum Gasteiger partial charge on any atom is -0.497 e. The monoisotopic (exact) mass is 377 g/mol. The average molecular weight is 377 g/mol. The van der Waals surface area contributed by atoms with Crippen molar-refractivity contribution in [3.05, 3.63) is 71.4 Å². The van der Waals surface area contributed by atoms with Gasteiger partial charge in [0.05, 0.1) is 18.2 Å². The zero-order valence-corrected chi connectivity index (χ0v) is 14.1. The summed E-state index contributed by atoms with van der Waals surface area (Å²) in [6.07, 6.45) is -4.65. The van der Waals surface area contributed by atoms with Crippen LogP contribution >= 0.6 is 0 Å². The number of aromatic nitrogens is 1. The second kappa shape index (κ2) is 7.53. The maximum absolute atomic E-state index is 13.0. The Balaban J connectivity index is 1.69. The topological polar surface area (TPSA) is 61.6 Å². The van der Waals surface area contributed by atoms with Gasteiger partial charge in [0.15, 0.2) is 5.76 Å². The van der Waals surface area contributed by atoms with Crippen LogP contribution in [0.4, 0.5) is 13.2 Å². The molecule has 0 saturated carbocycles. The lowest BCUT2D eigenvalue weighted by molar-refractivity contribution is -0.138. The number of alkyl halides is 3. The predicted molar refractivity (Wildman–Crippen MR) is 89.1 cm³/mol. The number of hydrogen-bond acceptors (Lipinski definition) is 5. The van der Waals surface area contributed by atoms with Crippen LogP contribution in [-0.2, 0) is 17.5 Å². The third-order valence-corrected chi connectivity index (χ3v) is 3.74. The van der Waals surface area contributed by atoms with Gasteiger partial charge in [-0.25, -0.2) is 4.79 Å². The maximum atomic E-state index is 13.0.